The van der Waals surface area contributed by atoms with Crippen molar-refractivity contribution in [1.29, 1.82) is 0 Å². The largest absolute Gasteiger partial charge is 0.381 e. The van der Waals surface area contributed by atoms with E-state index in [-0.39, 0.29) is 41.8 Å². The molecule has 1 unspecified atom stereocenters. The smallest absolute Gasteiger partial charge is 0.194 e. The summed E-state index contributed by atoms with van der Waals surface area (Å²) in [7, 11) is 0. The van der Waals surface area contributed by atoms with Crippen LogP contribution in [0.2, 0.25) is 5.02 Å². The Labute approximate surface area is 164 Å². The van der Waals surface area contributed by atoms with E-state index in [2.05, 4.69) is 15.2 Å². The first kappa shape index (κ1) is 19.7. The van der Waals surface area contributed by atoms with Crippen molar-refractivity contribution in [3.63, 3.8) is 0 Å². The predicted octanol–water partition coefficient (Wildman–Crippen LogP) is 3.68. The highest BCUT2D eigenvalue weighted by Crippen LogP contribution is 2.38. The number of hydrogen-bond donors (Lipinski definition) is 1. The van der Waals surface area contributed by atoms with Crippen LogP contribution >= 0.6 is 35.6 Å². The normalized spacial score (nSPS) is 23.6. The summed E-state index contributed by atoms with van der Waals surface area (Å²) in [5, 5.41) is 3.73. The van der Waals surface area contributed by atoms with Gasteiger partial charge < -0.3 is 15.0 Å². The first-order valence-corrected chi connectivity index (χ1v) is 8.55. The molecular formula is C17H24ClFIN3O. The van der Waals surface area contributed by atoms with Crippen LogP contribution in [0.1, 0.15) is 25.3 Å². The lowest BCUT2D eigenvalue weighted by atomic mass is 9.87. The summed E-state index contributed by atoms with van der Waals surface area (Å²) in [5.74, 6) is 0.523. The molecule has 0 radical (unpaired) electrons. The molecule has 7 heteroatoms. The van der Waals surface area contributed by atoms with Gasteiger partial charge in [-0.2, -0.15) is 0 Å². The van der Waals surface area contributed by atoms with Gasteiger partial charge in [0, 0.05) is 42.2 Å². The SMILES string of the molecule is CCNC(=NCc1c(F)cccc1Cl)N1CCC2(CCOC2)C1.I. The van der Waals surface area contributed by atoms with Crippen LogP contribution in [-0.2, 0) is 11.3 Å². The van der Waals surface area contributed by atoms with E-state index in [1.165, 1.54) is 6.07 Å². The quantitative estimate of drug-likeness (QED) is 0.419. The van der Waals surface area contributed by atoms with E-state index >= 15 is 0 Å². The third kappa shape index (κ3) is 4.32. The molecule has 24 heavy (non-hydrogen) atoms. The molecule has 2 heterocycles. The Morgan fingerprint density at radius 2 is 2.29 bits per heavy atom. The molecule has 0 amide bonds. The zero-order valence-corrected chi connectivity index (χ0v) is 16.9. The lowest BCUT2D eigenvalue weighted by molar-refractivity contribution is 0.156. The fourth-order valence-corrected chi connectivity index (χ4v) is 3.57. The van der Waals surface area contributed by atoms with E-state index in [1.807, 2.05) is 6.92 Å². The summed E-state index contributed by atoms with van der Waals surface area (Å²) in [5.41, 5.74) is 0.717. The second-order valence-corrected chi connectivity index (χ2v) is 6.75. The number of rotatable bonds is 3. The molecule has 4 nitrogen and oxygen atoms in total. The van der Waals surface area contributed by atoms with Crippen molar-refractivity contribution in [2.24, 2.45) is 10.4 Å². The van der Waals surface area contributed by atoms with E-state index in [4.69, 9.17) is 16.3 Å². The summed E-state index contributed by atoms with van der Waals surface area (Å²) < 4.78 is 19.5. The molecule has 0 saturated carbocycles. The molecule has 1 aromatic rings. The lowest BCUT2D eigenvalue weighted by Gasteiger charge is -2.25. The molecule has 2 saturated heterocycles. The molecule has 2 fully saturated rings. The van der Waals surface area contributed by atoms with Crippen LogP contribution in [0, 0.1) is 11.2 Å². The van der Waals surface area contributed by atoms with E-state index in [9.17, 15) is 4.39 Å². The van der Waals surface area contributed by atoms with Crippen molar-refractivity contribution in [3.8, 4) is 0 Å². The second-order valence-electron chi connectivity index (χ2n) is 6.34. The van der Waals surface area contributed by atoms with E-state index in [0.717, 1.165) is 51.6 Å². The van der Waals surface area contributed by atoms with Gasteiger partial charge in [-0.05, 0) is 31.9 Å². The molecule has 0 aromatic heterocycles. The Kier molecular flexibility index (Phi) is 7.12. The Bertz CT molecular complexity index is 573. The molecule has 134 valence electrons. The molecule has 2 aliphatic heterocycles. The maximum Gasteiger partial charge on any atom is 0.194 e. The van der Waals surface area contributed by atoms with Gasteiger partial charge in [-0.15, -0.1) is 24.0 Å². The van der Waals surface area contributed by atoms with Crippen molar-refractivity contribution < 1.29 is 9.13 Å². The number of hydrogen-bond acceptors (Lipinski definition) is 2. The van der Waals surface area contributed by atoms with Crippen LogP contribution in [0.25, 0.3) is 0 Å². The van der Waals surface area contributed by atoms with Gasteiger partial charge in [0.1, 0.15) is 5.82 Å². The monoisotopic (exact) mass is 467 g/mol. The van der Waals surface area contributed by atoms with Crippen LogP contribution in [-0.4, -0.2) is 43.7 Å². The van der Waals surface area contributed by atoms with Crippen LogP contribution in [0.4, 0.5) is 4.39 Å². The minimum Gasteiger partial charge on any atom is -0.381 e. The van der Waals surface area contributed by atoms with Crippen LogP contribution < -0.4 is 5.32 Å². The van der Waals surface area contributed by atoms with Gasteiger partial charge in [-0.3, -0.25) is 0 Å². The van der Waals surface area contributed by atoms with Crippen molar-refractivity contribution >= 4 is 41.5 Å². The highest BCUT2D eigenvalue weighted by Gasteiger charge is 2.42. The highest BCUT2D eigenvalue weighted by atomic mass is 127. The first-order chi connectivity index (χ1) is 11.1. The highest BCUT2D eigenvalue weighted by molar-refractivity contribution is 14.0. The molecule has 0 bridgehead atoms. The molecule has 1 spiro atoms. The minimum absolute atomic E-state index is 0. The first-order valence-electron chi connectivity index (χ1n) is 8.17. The Hall–Kier alpha value is -0.600. The zero-order chi connectivity index (χ0) is 16.3. The molecule has 2 aliphatic rings. The van der Waals surface area contributed by atoms with Gasteiger partial charge in [0.05, 0.1) is 13.2 Å². The van der Waals surface area contributed by atoms with Crippen molar-refractivity contribution in [1.82, 2.24) is 10.2 Å². The van der Waals surface area contributed by atoms with Gasteiger partial charge >= 0.3 is 0 Å². The average molecular weight is 468 g/mol. The maximum absolute atomic E-state index is 13.9. The van der Waals surface area contributed by atoms with Crippen LogP contribution in [0.5, 0.6) is 0 Å². The lowest BCUT2D eigenvalue weighted by Crippen LogP contribution is -2.41. The second kappa shape index (κ2) is 8.67. The summed E-state index contributed by atoms with van der Waals surface area (Å²) in [6.45, 7) is 6.66. The van der Waals surface area contributed by atoms with E-state index in [1.54, 1.807) is 12.1 Å². The third-order valence-corrected chi connectivity index (χ3v) is 5.06. The van der Waals surface area contributed by atoms with Gasteiger partial charge in [-0.1, -0.05) is 17.7 Å². The number of benzene rings is 1. The topological polar surface area (TPSA) is 36.9 Å². The molecule has 3 rings (SSSR count). The van der Waals surface area contributed by atoms with Gasteiger partial charge in [-0.25, -0.2) is 9.38 Å². The summed E-state index contributed by atoms with van der Waals surface area (Å²) in [4.78, 5) is 6.87. The maximum atomic E-state index is 13.9. The van der Waals surface area contributed by atoms with Crippen LogP contribution in [0.3, 0.4) is 0 Å². The zero-order valence-electron chi connectivity index (χ0n) is 13.9. The number of aliphatic imine (C=N–C) groups is 1. The Morgan fingerprint density at radius 1 is 1.46 bits per heavy atom. The van der Waals surface area contributed by atoms with E-state index < -0.39 is 0 Å². The van der Waals surface area contributed by atoms with Crippen molar-refractivity contribution in [2.75, 3.05) is 32.8 Å². The fraction of sp³-hybridized carbons (Fsp3) is 0.588. The molecular weight excluding hydrogens is 444 g/mol. The molecule has 1 N–H and O–H groups in total. The number of nitrogens with zero attached hydrogens (tertiary/aromatic N) is 2. The summed E-state index contributed by atoms with van der Waals surface area (Å²) >= 11 is 6.09. The van der Waals surface area contributed by atoms with Gasteiger partial charge in [0.2, 0.25) is 0 Å². The summed E-state index contributed by atoms with van der Waals surface area (Å²) in [6.07, 6.45) is 2.24. The van der Waals surface area contributed by atoms with E-state index in [0.29, 0.717) is 10.6 Å². The van der Waals surface area contributed by atoms with Crippen molar-refractivity contribution in [3.05, 3.63) is 34.6 Å². The van der Waals surface area contributed by atoms with Gasteiger partial charge in [0.15, 0.2) is 5.96 Å². The number of likely N-dealkylation sites (tertiary alicyclic amines) is 1. The minimum atomic E-state index is -0.306. The predicted molar refractivity (Wildman–Crippen MR) is 106 cm³/mol. The Balaban J connectivity index is 0.00000208. The van der Waals surface area contributed by atoms with Crippen molar-refractivity contribution in [2.45, 2.75) is 26.3 Å². The number of guanidine groups is 1. The number of ether oxygens (including phenoxy) is 1. The Morgan fingerprint density at radius 3 is 2.96 bits per heavy atom. The standard InChI is InChI=1S/C17H23ClFN3O.HI/c1-2-20-16(21-10-13-14(18)4-3-5-15(13)19)22-8-6-17(11-22)7-9-23-12-17;/h3-5H,2,6-12H2,1H3,(H,20,21);1H. The fourth-order valence-electron chi connectivity index (χ4n) is 3.35. The van der Waals surface area contributed by atoms with Crippen LogP contribution in [0.15, 0.2) is 23.2 Å². The summed E-state index contributed by atoms with van der Waals surface area (Å²) in [6, 6.07) is 4.73. The molecule has 1 atom stereocenters. The number of halogens is 3. The molecule has 1 aromatic carbocycles. The van der Waals surface area contributed by atoms with Gasteiger partial charge in [0.25, 0.3) is 0 Å². The third-order valence-electron chi connectivity index (χ3n) is 4.71. The molecule has 0 aliphatic carbocycles. The number of nitrogens with one attached hydrogen (secondary N) is 1. The average Bonchev–Trinajstić information content (AvgIpc) is 3.16.